The number of nitrogens with two attached hydrogens (primary N) is 1. The molecular weight excluding hydrogens is 354 g/mol. The summed E-state index contributed by atoms with van der Waals surface area (Å²) in [7, 11) is 1.64. The van der Waals surface area contributed by atoms with Gasteiger partial charge in [-0.05, 0) is 20.3 Å². The Morgan fingerprint density at radius 1 is 1.31 bits per heavy atom. The van der Waals surface area contributed by atoms with Crippen molar-refractivity contribution in [2.45, 2.75) is 33.7 Å². The summed E-state index contributed by atoms with van der Waals surface area (Å²) >= 11 is 6.19. The number of fused-ring (bicyclic) bond motifs is 1. The zero-order valence-corrected chi connectivity index (χ0v) is 15.9. The lowest BCUT2D eigenvalue weighted by Gasteiger charge is -2.16. The summed E-state index contributed by atoms with van der Waals surface area (Å²) in [4.78, 5) is 25.3. The number of halogens is 1. The van der Waals surface area contributed by atoms with Crippen LogP contribution in [0.3, 0.4) is 0 Å². The van der Waals surface area contributed by atoms with Crippen LogP contribution in [0.25, 0.3) is 11.0 Å². The van der Waals surface area contributed by atoms with Gasteiger partial charge in [-0.1, -0.05) is 18.5 Å². The highest BCUT2D eigenvalue weighted by atomic mass is 35.5. The number of methoxy groups -OCH3 is 1. The van der Waals surface area contributed by atoms with Crippen molar-refractivity contribution in [1.29, 1.82) is 0 Å². The zero-order chi connectivity index (χ0) is 19.0. The first-order valence-electron chi connectivity index (χ1n) is 8.21. The van der Waals surface area contributed by atoms with E-state index in [1.54, 1.807) is 19.5 Å². The first kappa shape index (κ1) is 18.1. The molecule has 0 radical (unpaired) electrons. The molecule has 3 aromatic heterocycles. The van der Waals surface area contributed by atoms with Gasteiger partial charge in [0.1, 0.15) is 16.3 Å². The molecule has 3 heterocycles. The highest BCUT2D eigenvalue weighted by Crippen LogP contribution is 2.26. The van der Waals surface area contributed by atoms with E-state index in [4.69, 9.17) is 22.1 Å². The van der Waals surface area contributed by atoms with Crippen molar-refractivity contribution in [2.75, 3.05) is 12.8 Å². The molecule has 136 valence electrons. The Bertz CT molecular complexity index is 1060. The summed E-state index contributed by atoms with van der Waals surface area (Å²) in [6, 6.07) is 0. The van der Waals surface area contributed by atoms with Crippen LogP contribution >= 0.6 is 11.6 Å². The van der Waals surface area contributed by atoms with Crippen molar-refractivity contribution >= 4 is 28.6 Å². The van der Waals surface area contributed by atoms with Crippen LogP contribution < -0.4 is 15.9 Å². The second-order valence-corrected chi connectivity index (χ2v) is 6.44. The molecule has 0 spiro atoms. The van der Waals surface area contributed by atoms with E-state index in [9.17, 15) is 4.79 Å². The van der Waals surface area contributed by atoms with E-state index in [-0.39, 0.29) is 21.9 Å². The minimum Gasteiger partial charge on any atom is -0.496 e. The third kappa shape index (κ3) is 2.99. The van der Waals surface area contributed by atoms with E-state index in [0.717, 1.165) is 22.6 Å². The van der Waals surface area contributed by atoms with Gasteiger partial charge in [-0.3, -0.25) is 9.78 Å². The number of nitrogen functional groups attached to an aromatic ring is 1. The van der Waals surface area contributed by atoms with Gasteiger partial charge in [0.05, 0.1) is 19.3 Å². The molecule has 0 aromatic carbocycles. The van der Waals surface area contributed by atoms with Crippen LogP contribution in [0.1, 0.15) is 29.3 Å². The number of anilines is 1. The van der Waals surface area contributed by atoms with Crippen LogP contribution in [0.5, 0.6) is 5.75 Å². The standard InChI is InChI=1S/C18H20ClN5O2/c1-5-11-7-24(8-12-10(3)15(26-4)9(2)6-21-12)17-13(14(11)25)16(19)22-18(20)23-17/h6-7H,5,8H2,1-4H3,(H2,20,22,23). The minimum absolute atomic E-state index is 0.0195. The quantitative estimate of drug-likeness (QED) is 0.706. The Labute approximate surface area is 155 Å². The van der Waals surface area contributed by atoms with Gasteiger partial charge in [0.15, 0.2) is 11.1 Å². The van der Waals surface area contributed by atoms with E-state index in [1.807, 2.05) is 25.3 Å². The second-order valence-electron chi connectivity index (χ2n) is 6.08. The Morgan fingerprint density at radius 2 is 2.04 bits per heavy atom. The molecular formula is C18H20ClN5O2. The first-order chi connectivity index (χ1) is 12.4. The van der Waals surface area contributed by atoms with Gasteiger partial charge in [-0.2, -0.15) is 4.98 Å². The Hall–Kier alpha value is -2.67. The van der Waals surface area contributed by atoms with E-state index in [1.165, 1.54) is 0 Å². The van der Waals surface area contributed by atoms with E-state index >= 15 is 0 Å². The number of hydrogen-bond donors (Lipinski definition) is 1. The molecule has 0 aliphatic carbocycles. The Kier molecular flexibility index (Phi) is 4.82. The molecule has 0 saturated heterocycles. The molecule has 0 saturated carbocycles. The molecule has 3 rings (SSSR count). The summed E-state index contributed by atoms with van der Waals surface area (Å²) in [6.07, 6.45) is 4.11. The first-order valence-corrected chi connectivity index (χ1v) is 8.59. The Morgan fingerprint density at radius 3 is 2.69 bits per heavy atom. The van der Waals surface area contributed by atoms with E-state index in [0.29, 0.717) is 24.2 Å². The van der Waals surface area contributed by atoms with Crippen LogP contribution in [0.15, 0.2) is 17.2 Å². The predicted molar refractivity (Wildman–Crippen MR) is 102 cm³/mol. The molecule has 0 unspecified atom stereocenters. The number of aromatic nitrogens is 4. The largest absolute Gasteiger partial charge is 0.496 e. The Balaban J connectivity index is 2.26. The maximum atomic E-state index is 12.7. The summed E-state index contributed by atoms with van der Waals surface area (Å²) in [5.41, 5.74) is 9.31. The van der Waals surface area contributed by atoms with E-state index in [2.05, 4.69) is 15.0 Å². The van der Waals surface area contributed by atoms with Gasteiger partial charge in [-0.15, -0.1) is 0 Å². The molecule has 0 aliphatic rings. The average Bonchev–Trinajstić information content (AvgIpc) is 2.59. The van der Waals surface area contributed by atoms with Gasteiger partial charge in [0.25, 0.3) is 0 Å². The fraction of sp³-hybridized carbons (Fsp3) is 0.333. The third-order valence-electron chi connectivity index (χ3n) is 4.42. The van der Waals surface area contributed by atoms with Gasteiger partial charge >= 0.3 is 0 Å². The molecule has 0 fully saturated rings. The number of aryl methyl sites for hydroxylation is 2. The highest BCUT2D eigenvalue weighted by molar-refractivity contribution is 6.34. The van der Waals surface area contributed by atoms with Crippen molar-refractivity contribution < 1.29 is 4.74 Å². The van der Waals surface area contributed by atoms with Crippen LogP contribution in [-0.2, 0) is 13.0 Å². The molecule has 0 amide bonds. The second kappa shape index (κ2) is 6.92. The van der Waals surface area contributed by atoms with Crippen LogP contribution in [0.4, 0.5) is 5.95 Å². The van der Waals surface area contributed by atoms with Crippen molar-refractivity contribution in [1.82, 2.24) is 19.5 Å². The summed E-state index contributed by atoms with van der Waals surface area (Å²) in [5.74, 6) is 0.814. The van der Waals surface area contributed by atoms with E-state index < -0.39 is 0 Å². The fourth-order valence-corrected chi connectivity index (χ4v) is 3.33. The summed E-state index contributed by atoms with van der Waals surface area (Å²) < 4.78 is 7.31. The molecule has 0 bridgehead atoms. The fourth-order valence-electron chi connectivity index (χ4n) is 3.07. The topological polar surface area (TPSA) is 95.9 Å². The lowest BCUT2D eigenvalue weighted by atomic mass is 10.1. The van der Waals surface area contributed by atoms with Crippen LogP contribution in [0.2, 0.25) is 5.15 Å². The molecule has 8 heteroatoms. The summed E-state index contributed by atoms with van der Waals surface area (Å²) in [6.45, 7) is 6.21. The average molecular weight is 374 g/mol. The zero-order valence-electron chi connectivity index (χ0n) is 15.1. The van der Waals surface area contributed by atoms with Crippen molar-refractivity contribution in [2.24, 2.45) is 0 Å². The number of nitrogens with zero attached hydrogens (tertiary/aromatic N) is 4. The van der Waals surface area contributed by atoms with Gasteiger partial charge in [-0.25, -0.2) is 4.98 Å². The van der Waals surface area contributed by atoms with Crippen LogP contribution in [0, 0.1) is 13.8 Å². The summed E-state index contributed by atoms with van der Waals surface area (Å²) in [5, 5.41) is 0.338. The highest BCUT2D eigenvalue weighted by Gasteiger charge is 2.17. The number of hydrogen-bond acceptors (Lipinski definition) is 6. The normalized spacial score (nSPS) is 11.1. The van der Waals surface area contributed by atoms with Crippen molar-refractivity contribution in [3.63, 3.8) is 0 Å². The molecule has 0 atom stereocenters. The monoisotopic (exact) mass is 373 g/mol. The smallest absolute Gasteiger partial charge is 0.223 e. The molecule has 26 heavy (non-hydrogen) atoms. The molecule has 0 aliphatic heterocycles. The van der Waals surface area contributed by atoms with Crippen LogP contribution in [-0.4, -0.2) is 26.6 Å². The number of pyridine rings is 2. The molecule has 7 nitrogen and oxygen atoms in total. The van der Waals surface area contributed by atoms with Crippen molar-refractivity contribution in [3.05, 3.63) is 50.2 Å². The van der Waals surface area contributed by atoms with Gasteiger partial charge < -0.3 is 15.0 Å². The maximum Gasteiger partial charge on any atom is 0.223 e. The minimum atomic E-state index is -0.171. The van der Waals surface area contributed by atoms with Gasteiger partial charge in [0.2, 0.25) is 5.95 Å². The lowest BCUT2D eigenvalue weighted by Crippen LogP contribution is -2.18. The number of rotatable bonds is 4. The third-order valence-corrected chi connectivity index (χ3v) is 4.69. The van der Waals surface area contributed by atoms with Crippen molar-refractivity contribution in [3.8, 4) is 5.75 Å². The lowest BCUT2D eigenvalue weighted by molar-refractivity contribution is 0.406. The number of ether oxygens (including phenoxy) is 1. The van der Waals surface area contributed by atoms with Gasteiger partial charge in [0, 0.05) is 29.1 Å². The predicted octanol–water partition coefficient (Wildman–Crippen LogP) is 2.66. The SMILES string of the molecule is CCc1cn(Cc2ncc(C)c(OC)c2C)c2nc(N)nc(Cl)c2c1=O. The molecule has 3 aromatic rings. The maximum absolute atomic E-state index is 12.7. The molecule has 2 N–H and O–H groups in total.